The monoisotopic (exact) mass is 295 g/mol. The second-order valence-electron chi connectivity index (χ2n) is 3.79. The number of carboxylic acids is 1. The van der Waals surface area contributed by atoms with E-state index in [2.05, 4.69) is 4.98 Å². The Labute approximate surface area is 117 Å². The van der Waals surface area contributed by atoms with Crippen LogP contribution in [0.25, 0.3) is 0 Å². The first-order valence-corrected chi connectivity index (χ1v) is 7.08. The van der Waals surface area contributed by atoms with Crippen molar-refractivity contribution in [2.24, 2.45) is 0 Å². The number of rotatable bonds is 4. The summed E-state index contributed by atoms with van der Waals surface area (Å²) in [6.45, 7) is 0. The topological polar surface area (TPSA) is 67.3 Å². The fraction of sp³-hybridized carbons (Fsp3) is 0.0769. The summed E-state index contributed by atoms with van der Waals surface area (Å²) in [4.78, 5) is 15.2. The van der Waals surface area contributed by atoms with Crippen LogP contribution in [0.4, 0.5) is 0 Å². The maximum absolute atomic E-state index is 12.2. The summed E-state index contributed by atoms with van der Waals surface area (Å²) in [6.07, 6.45) is 3.06. The zero-order chi connectivity index (χ0) is 13.8. The Bertz CT molecular complexity index is 645. The number of carbonyl (C=O) groups is 1. The van der Waals surface area contributed by atoms with Gasteiger partial charge in [-0.25, -0.2) is 4.79 Å². The summed E-state index contributed by atoms with van der Waals surface area (Å²) in [7, 11) is -1.35. The van der Waals surface area contributed by atoms with Crippen LogP contribution in [0.15, 0.2) is 47.6 Å². The smallest absolute Gasteiger partial charge is 0.335 e. The van der Waals surface area contributed by atoms with Crippen LogP contribution in [0.2, 0.25) is 5.02 Å². The molecule has 0 radical (unpaired) electrons. The van der Waals surface area contributed by atoms with Crippen molar-refractivity contribution in [1.29, 1.82) is 0 Å². The minimum Gasteiger partial charge on any atom is -0.478 e. The van der Waals surface area contributed by atoms with E-state index < -0.39 is 16.8 Å². The molecule has 2 aromatic rings. The SMILES string of the molecule is O=C(O)c1cccc(S(=O)Cc2ccncc2Cl)c1. The Hall–Kier alpha value is -1.72. The quantitative estimate of drug-likeness (QED) is 0.942. The highest BCUT2D eigenvalue weighted by Gasteiger charge is 2.10. The molecule has 0 saturated heterocycles. The van der Waals surface area contributed by atoms with E-state index in [0.29, 0.717) is 9.92 Å². The zero-order valence-electron chi connectivity index (χ0n) is 9.75. The fourth-order valence-corrected chi connectivity index (χ4v) is 2.97. The number of aromatic carboxylic acids is 1. The largest absolute Gasteiger partial charge is 0.478 e. The van der Waals surface area contributed by atoms with Gasteiger partial charge in [0.1, 0.15) is 0 Å². The van der Waals surface area contributed by atoms with Gasteiger partial charge < -0.3 is 5.11 Å². The molecule has 1 unspecified atom stereocenters. The van der Waals surface area contributed by atoms with Gasteiger partial charge in [-0.3, -0.25) is 9.19 Å². The minimum atomic E-state index is -1.35. The molecule has 0 aliphatic carbocycles. The summed E-state index contributed by atoms with van der Waals surface area (Å²) in [5.41, 5.74) is 0.836. The summed E-state index contributed by atoms with van der Waals surface area (Å²) < 4.78 is 12.2. The molecule has 1 atom stereocenters. The van der Waals surface area contributed by atoms with Gasteiger partial charge >= 0.3 is 5.97 Å². The first-order chi connectivity index (χ1) is 9.08. The van der Waals surface area contributed by atoms with Crippen LogP contribution >= 0.6 is 11.6 Å². The number of hydrogen-bond acceptors (Lipinski definition) is 3. The van der Waals surface area contributed by atoms with Gasteiger partial charge in [0.2, 0.25) is 0 Å². The highest BCUT2D eigenvalue weighted by Crippen LogP contribution is 2.19. The molecule has 98 valence electrons. The Kier molecular flexibility index (Phi) is 4.29. The van der Waals surface area contributed by atoms with Crippen molar-refractivity contribution < 1.29 is 14.1 Å². The maximum Gasteiger partial charge on any atom is 0.335 e. The highest BCUT2D eigenvalue weighted by molar-refractivity contribution is 7.84. The van der Waals surface area contributed by atoms with E-state index in [0.717, 1.165) is 5.56 Å². The molecule has 0 aliphatic rings. The number of nitrogens with zero attached hydrogens (tertiary/aromatic N) is 1. The van der Waals surface area contributed by atoms with Crippen LogP contribution in [0.5, 0.6) is 0 Å². The van der Waals surface area contributed by atoms with Crippen molar-refractivity contribution in [3.63, 3.8) is 0 Å². The van der Waals surface area contributed by atoms with Crippen molar-refractivity contribution in [3.05, 3.63) is 58.9 Å². The Balaban J connectivity index is 2.23. The van der Waals surface area contributed by atoms with Crippen molar-refractivity contribution in [2.75, 3.05) is 0 Å². The molecule has 0 aliphatic heterocycles. The molecule has 1 N–H and O–H groups in total. The van der Waals surface area contributed by atoms with Crippen LogP contribution < -0.4 is 0 Å². The highest BCUT2D eigenvalue weighted by atomic mass is 35.5. The van der Waals surface area contributed by atoms with Crippen molar-refractivity contribution >= 4 is 28.4 Å². The molecule has 1 aromatic heterocycles. The normalized spacial score (nSPS) is 12.1. The van der Waals surface area contributed by atoms with E-state index in [1.807, 2.05) is 0 Å². The van der Waals surface area contributed by atoms with Gasteiger partial charge in [-0.05, 0) is 29.8 Å². The van der Waals surface area contributed by atoms with Gasteiger partial charge in [0, 0.05) is 17.3 Å². The van der Waals surface area contributed by atoms with Crippen LogP contribution in [-0.2, 0) is 16.6 Å². The third-order valence-corrected chi connectivity index (χ3v) is 4.18. The number of halogens is 1. The van der Waals surface area contributed by atoms with Crippen LogP contribution in [-0.4, -0.2) is 20.3 Å². The van der Waals surface area contributed by atoms with Gasteiger partial charge in [-0.1, -0.05) is 17.7 Å². The average molecular weight is 296 g/mol. The van der Waals surface area contributed by atoms with E-state index in [4.69, 9.17) is 16.7 Å². The predicted octanol–water partition coefficient (Wildman–Crippen LogP) is 2.74. The zero-order valence-corrected chi connectivity index (χ0v) is 11.3. The van der Waals surface area contributed by atoms with Gasteiger partial charge in [-0.2, -0.15) is 0 Å². The summed E-state index contributed by atoms with van der Waals surface area (Å²) in [6, 6.07) is 7.78. The van der Waals surface area contributed by atoms with Gasteiger partial charge in [0.25, 0.3) is 0 Å². The van der Waals surface area contributed by atoms with Gasteiger partial charge in [0.15, 0.2) is 0 Å². The molecule has 19 heavy (non-hydrogen) atoms. The fourth-order valence-electron chi connectivity index (χ4n) is 1.52. The summed E-state index contributed by atoms with van der Waals surface area (Å²) in [5, 5.41) is 9.35. The lowest BCUT2D eigenvalue weighted by Crippen LogP contribution is -2.01. The lowest BCUT2D eigenvalue weighted by atomic mass is 10.2. The predicted molar refractivity (Wildman–Crippen MR) is 72.8 cm³/mol. The molecule has 0 spiro atoms. The lowest BCUT2D eigenvalue weighted by Gasteiger charge is -2.05. The van der Waals surface area contributed by atoms with Crippen LogP contribution in [0, 0.1) is 0 Å². The van der Waals surface area contributed by atoms with E-state index in [9.17, 15) is 9.00 Å². The number of hydrogen-bond donors (Lipinski definition) is 1. The number of pyridine rings is 1. The molecule has 2 rings (SSSR count). The molecule has 1 heterocycles. The lowest BCUT2D eigenvalue weighted by molar-refractivity contribution is 0.0696. The molecule has 6 heteroatoms. The number of benzene rings is 1. The standard InChI is InChI=1S/C13H10ClNO3S/c14-12-7-15-5-4-10(12)8-19(18)11-3-1-2-9(6-11)13(16)17/h1-7H,8H2,(H,16,17). The third-order valence-electron chi connectivity index (χ3n) is 2.49. The Morgan fingerprint density at radius 1 is 1.37 bits per heavy atom. The Morgan fingerprint density at radius 3 is 2.84 bits per heavy atom. The molecule has 1 aromatic carbocycles. The third kappa shape index (κ3) is 3.39. The molecule has 4 nitrogen and oxygen atoms in total. The number of carboxylic acid groups (broad SMARTS) is 1. The van der Waals surface area contributed by atoms with E-state index in [-0.39, 0.29) is 11.3 Å². The van der Waals surface area contributed by atoms with E-state index >= 15 is 0 Å². The van der Waals surface area contributed by atoms with Crippen molar-refractivity contribution in [1.82, 2.24) is 4.98 Å². The molecular weight excluding hydrogens is 286 g/mol. The summed E-state index contributed by atoms with van der Waals surface area (Å²) >= 11 is 5.95. The van der Waals surface area contributed by atoms with E-state index in [1.165, 1.54) is 18.3 Å². The van der Waals surface area contributed by atoms with Crippen molar-refractivity contribution in [2.45, 2.75) is 10.6 Å². The molecule has 0 bridgehead atoms. The van der Waals surface area contributed by atoms with Gasteiger partial charge in [-0.15, -0.1) is 0 Å². The second-order valence-corrected chi connectivity index (χ2v) is 5.65. The van der Waals surface area contributed by atoms with Crippen LogP contribution in [0.1, 0.15) is 15.9 Å². The maximum atomic E-state index is 12.2. The van der Waals surface area contributed by atoms with Crippen LogP contribution in [0.3, 0.4) is 0 Å². The second kappa shape index (κ2) is 5.95. The first-order valence-electron chi connectivity index (χ1n) is 5.38. The first kappa shape index (κ1) is 13.7. The number of aromatic nitrogens is 1. The van der Waals surface area contributed by atoms with Gasteiger partial charge in [0.05, 0.1) is 27.1 Å². The molecular formula is C13H10ClNO3S. The summed E-state index contributed by atoms with van der Waals surface area (Å²) in [5.74, 6) is -0.814. The Morgan fingerprint density at radius 2 is 2.16 bits per heavy atom. The average Bonchev–Trinajstić information content (AvgIpc) is 2.41. The minimum absolute atomic E-state index is 0.117. The molecule has 0 amide bonds. The van der Waals surface area contributed by atoms with E-state index in [1.54, 1.807) is 24.4 Å². The molecule has 0 fully saturated rings. The van der Waals surface area contributed by atoms with Crippen molar-refractivity contribution in [3.8, 4) is 0 Å². The molecule has 0 saturated carbocycles.